The highest BCUT2D eigenvalue weighted by Gasteiger charge is 2.32. The van der Waals surface area contributed by atoms with Crippen molar-refractivity contribution in [3.63, 3.8) is 0 Å². The third kappa shape index (κ3) is 6.49. The van der Waals surface area contributed by atoms with E-state index in [-0.39, 0.29) is 35.3 Å². The third-order valence-corrected chi connectivity index (χ3v) is 6.01. The summed E-state index contributed by atoms with van der Waals surface area (Å²) in [5.41, 5.74) is 2.07. The maximum Gasteiger partial charge on any atom is 0.573 e. The van der Waals surface area contributed by atoms with E-state index in [2.05, 4.69) is 10.1 Å². The Bertz CT molecular complexity index is 1090. The van der Waals surface area contributed by atoms with Gasteiger partial charge in [-0.2, -0.15) is 0 Å². The normalized spacial score (nSPS) is 16.3. The van der Waals surface area contributed by atoms with E-state index in [9.17, 15) is 26.7 Å². The molecule has 2 amide bonds. The molecule has 9 heteroatoms. The molecule has 0 aliphatic carbocycles. The topological polar surface area (TPSA) is 41.6 Å². The van der Waals surface area contributed by atoms with E-state index in [1.807, 2.05) is 0 Å². The number of alkyl halides is 3. The Morgan fingerprint density at radius 2 is 1.43 bits per heavy atom. The number of likely N-dealkylation sites (tertiary alicyclic amines) is 1. The monoisotopic (exact) mass is 490 g/mol. The van der Waals surface area contributed by atoms with Gasteiger partial charge in [0.05, 0.1) is 0 Å². The summed E-state index contributed by atoms with van der Waals surface area (Å²) in [7, 11) is 0. The molecule has 0 spiro atoms. The van der Waals surface area contributed by atoms with Crippen LogP contribution in [0.15, 0.2) is 72.8 Å². The van der Waals surface area contributed by atoms with Gasteiger partial charge >= 0.3 is 12.4 Å². The first-order valence-electron chi connectivity index (χ1n) is 11.1. The second kappa shape index (κ2) is 10.3. The molecule has 0 bridgehead atoms. The molecule has 184 valence electrons. The molecular weight excluding hydrogens is 467 g/mol. The predicted molar refractivity (Wildman–Crippen MR) is 121 cm³/mol. The molecule has 1 unspecified atom stereocenters. The average Bonchev–Trinajstić information content (AvgIpc) is 2.82. The first-order valence-corrected chi connectivity index (χ1v) is 11.1. The highest BCUT2D eigenvalue weighted by atomic mass is 19.4. The van der Waals surface area contributed by atoms with E-state index in [0.717, 1.165) is 36.1 Å². The smallest absolute Gasteiger partial charge is 0.406 e. The highest BCUT2D eigenvalue weighted by molar-refractivity contribution is 5.89. The van der Waals surface area contributed by atoms with Crippen molar-refractivity contribution in [2.75, 3.05) is 18.4 Å². The van der Waals surface area contributed by atoms with Gasteiger partial charge in [0, 0.05) is 24.7 Å². The van der Waals surface area contributed by atoms with Gasteiger partial charge < -0.3 is 15.0 Å². The van der Waals surface area contributed by atoms with Crippen molar-refractivity contribution in [2.45, 2.75) is 25.1 Å². The molecule has 1 heterocycles. The number of piperidine rings is 1. The number of hydrogen-bond acceptors (Lipinski definition) is 2. The molecule has 1 fully saturated rings. The number of amides is 2. The van der Waals surface area contributed by atoms with Gasteiger partial charge in [0.2, 0.25) is 0 Å². The molecule has 1 aliphatic heterocycles. The largest absolute Gasteiger partial charge is 0.573 e. The fourth-order valence-corrected chi connectivity index (χ4v) is 4.49. The van der Waals surface area contributed by atoms with Crippen molar-refractivity contribution in [3.8, 4) is 5.75 Å². The minimum Gasteiger partial charge on any atom is -0.406 e. The van der Waals surface area contributed by atoms with Crippen LogP contribution in [0.25, 0.3) is 0 Å². The van der Waals surface area contributed by atoms with Crippen LogP contribution in [-0.4, -0.2) is 30.4 Å². The van der Waals surface area contributed by atoms with Gasteiger partial charge in [-0.05, 0) is 78.4 Å². The zero-order valence-electron chi connectivity index (χ0n) is 18.6. The maximum absolute atomic E-state index is 13.6. The van der Waals surface area contributed by atoms with Gasteiger partial charge in [-0.3, -0.25) is 0 Å². The summed E-state index contributed by atoms with van der Waals surface area (Å²) in [6.45, 7) is 0.914. The fraction of sp³-hybridized carbons (Fsp3) is 0.269. The van der Waals surface area contributed by atoms with Crippen LogP contribution in [0, 0.1) is 17.6 Å². The van der Waals surface area contributed by atoms with E-state index in [4.69, 9.17) is 0 Å². The minimum atomic E-state index is -4.79. The van der Waals surface area contributed by atoms with Gasteiger partial charge in [0.25, 0.3) is 0 Å². The van der Waals surface area contributed by atoms with E-state index in [1.54, 1.807) is 29.2 Å². The lowest BCUT2D eigenvalue weighted by atomic mass is 9.77. The lowest BCUT2D eigenvalue weighted by Crippen LogP contribution is -2.43. The van der Waals surface area contributed by atoms with Crippen molar-refractivity contribution >= 4 is 11.7 Å². The lowest BCUT2D eigenvalue weighted by Gasteiger charge is -2.37. The number of carbonyl (C=O) groups excluding carboxylic acids is 1. The van der Waals surface area contributed by atoms with Crippen LogP contribution in [0.5, 0.6) is 5.75 Å². The Morgan fingerprint density at radius 3 is 1.94 bits per heavy atom. The van der Waals surface area contributed by atoms with Crippen LogP contribution in [0.2, 0.25) is 0 Å². The van der Waals surface area contributed by atoms with Gasteiger partial charge in [-0.1, -0.05) is 24.3 Å². The molecule has 35 heavy (non-hydrogen) atoms. The number of urea groups is 1. The number of benzene rings is 3. The van der Waals surface area contributed by atoms with Crippen LogP contribution in [0.3, 0.4) is 0 Å². The summed E-state index contributed by atoms with van der Waals surface area (Å²) in [6, 6.07) is 16.9. The van der Waals surface area contributed by atoms with E-state index in [1.165, 1.54) is 36.4 Å². The standard InChI is InChI=1S/C26H23F5N2O2/c27-20-7-3-17(4-8-20)24(18-5-9-21(28)10-6-18)19-2-1-15-33(16-19)25(34)32-22-11-13-23(14-12-22)35-26(29,30)31/h3-14,19,24H,1-2,15-16H2,(H,32,34). The average molecular weight is 490 g/mol. The van der Waals surface area contributed by atoms with Gasteiger partial charge in [-0.15, -0.1) is 13.2 Å². The van der Waals surface area contributed by atoms with Gasteiger partial charge in [-0.25, -0.2) is 13.6 Å². The van der Waals surface area contributed by atoms with Crippen LogP contribution < -0.4 is 10.1 Å². The van der Waals surface area contributed by atoms with Crippen molar-refractivity contribution in [2.24, 2.45) is 5.92 Å². The first-order chi connectivity index (χ1) is 16.7. The second-order valence-corrected chi connectivity index (χ2v) is 8.43. The van der Waals surface area contributed by atoms with Crippen molar-refractivity contribution in [1.82, 2.24) is 4.90 Å². The highest BCUT2D eigenvalue weighted by Crippen LogP contribution is 2.37. The first kappa shape index (κ1) is 24.5. The number of nitrogens with one attached hydrogen (secondary N) is 1. The molecule has 4 nitrogen and oxygen atoms in total. The van der Waals surface area contributed by atoms with Crippen molar-refractivity contribution in [3.05, 3.63) is 95.6 Å². The Balaban J connectivity index is 1.49. The van der Waals surface area contributed by atoms with Crippen LogP contribution in [-0.2, 0) is 0 Å². The number of ether oxygens (including phenoxy) is 1. The Hall–Kier alpha value is -3.62. The number of carbonyl (C=O) groups is 1. The number of halogens is 5. The third-order valence-electron chi connectivity index (χ3n) is 6.01. The summed E-state index contributed by atoms with van der Waals surface area (Å²) in [6.07, 6.45) is -3.25. The van der Waals surface area contributed by atoms with Crippen molar-refractivity contribution < 1.29 is 31.5 Å². The molecule has 3 aromatic rings. The molecule has 4 rings (SSSR count). The lowest BCUT2D eigenvalue weighted by molar-refractivity contribution is -0.274. The van der Waals surface area contributed by atoms with Crippen molar-refractivity contribution in [1.29, 1.82) is 0 Å². The van der Waals surface area contributed by atoms with Gasteiger partial charge in [0.1, 0.15) is 17.4 Å². The number of hydrogen-bond donors (Lipinski definition) is 1. The second-order valence-electron chi connectivity index (χ2n) is 8.43. The molecule has 1 aliphatic rings. The molecule has 1 N–H and O–H groups in total. The molecule has 1 atom stereocenters. The summed E-state index contributed by atoms with van der Waals surface area (Å²) in [4.78, 5) is 14.6. The van der Waals surface area contributed by atoms with E-state index in [0.29, 0.717) is 18.8 Å². The Morgan fingerprint density at radius 1 is 0.886 bits per heavy atom. The number of anilines is 1. The SMILES string of the molecule is O=C(Nc1ccc(OC(F)(F)F)cc1)N1CCCC(C(c2ccc(F)cc2)c2ccc(F)cc2)C1. The molecule has 3 aromatic carbocycles. The van der Waals surface area contributed by atoms with Crippen LogP contribution >= 0.6 is 0 Å². The summed E-state index contributed by atoms with van der Waals surface area (Å²) >= 11 is 0. The minimum absolute atomic E-state index is 0.00650. The molecule has 0 aromatic heterocycles. The zero-order chi connectivity index (χ0) is 25.0. The number of rotatable bonds is 5. The summed E-state index contributed by atoms with van der Waals surface area (Å²) in [5.74, 6) is -1.28. The predicted octanol–water partition coefficient (Wildman–Crippen LogP) is 6.94. The number of nitrogens with zero attached hydrogens (tertiary/aromatic N) is 1. The van der Waals surface area contributed by atoms with E-state index < -0.39 is 6.36 Å². The Kier molecular flexibility index (Phi) is 7.23. The molecule has 0 saturated carbocycles. The van der Waals surface area contributed by atoms with E-state index >= 15 is 0 Å². The fourth-order valence-electron chi connectivity index (χ4n) is 4.49. The zero-order valence-corrected chi connectivity index (χ0v) is 18.6. The van der Waals surface area contributed by atoms with Crippen LogP contribution in [0.1, 0.15) is 29.9 Å². The quantitative estimate of drug-likeness (QED) is 0.394. The van der Waals surface area contributed by atoms with Crippen LogP contribution in [0.4, 0.5) is 32.4 Å². The Labute approximate surface area is 199 Å². The molecule has 1 saturated heterocycles. The summed E-state index contributed by atoms with van der Waals surface area (Å²) < 4.78 is 68.0. The molecular formula is C26H23F5N2O2. The maximum atomic E-state index is 13.6. The summed E-state index contributed by atoms with van der Waals surface area (Å²) in [5, 5.41) is 2.71. The van der Waals surface area contributed by atoms with Gasteiger partial charge in [0.15, 0.2) is 0 Å². The molecule has 0 radical (unpaired) electrons.